The summed E-state index contributed by atoms with van der Waals surface area (Å²) in [5.74, 6) is -3.40. The highest BCUT2D eigenvalue weighted by molar-refractivity contribution is 6.05. The molecule has 0 spiro atoms. The van der Waals surface area contributed by atoms with Crippen molar-refractivity contribution in [1.29, 1.82) is 0 Å². The lowest BCUT2D eigenvalue weighted by Crippen LogP contribution is -2.48. The van der Waals surface area contributed by atoms with E-state index in [-0.39, 0.29) is 0 Å². The van der Waals surface area contributed by atoms with Crippen LogP contribution in [0.3, 0.4) is 0 Å². The highest BCUT2D eigenvalue weighted by Gasteiger charge is 2.38. The van der Waals surface area contributed by atoms with Gasteiger partial charge in [-0.3, -0.25) is 10.1 Å². The number of hydrogen-bond donors (Lipinski definition) is 8. The van der Waals surface area contributed by atoms with Crippen LogP contribution in [0.1, 0.15) is 0 Å². The molecule has 0 bridgehead atoms. The molecule has 0 aromatic carbocycles. The second-order valence-electron chi connectivity index (χ2n) is 4.21. The normalized spacial score (nSPS) is 24.2. The van der Waals surface area contributed by atoms with Gasteiger partial charge in [0.05, 0.1) is 6.61 Å². The first-order valence-electron chi connectivity index (χ1n) is 5.96. The number of rotatable bonds is 3. The highest BCUT2D eigenvalue weighted by Crippen LogP contribution is 2.20. The molecule has 2 aliphatic rings. The number of aliphatic hydroxyl groups is 4. The van der Waals surface area contributed by atoms with Gasteiger partial charge in [0.25, 0.3) is 5.91 Å². The molecule has 13 nitrogen and oxygen atoms in total. The van der Waals surface area contributed by atoms with Crippen LogP contribution in [0.25, 0.3) is 0 Å². The Morgan fingerprint density at radius 1 is 1.35 bits per heavy atom. The predicted octanol–water partition coefficient (Wildman–Crippen LogP) is -3.59. The minimum atomic E-state index is -1.42. The second kappa shape index (κ2) is 7.28. The van der Waals surface area contributed by atoms with Crippen LogP contribution in [0.2, 0.25) is 0 Å². The van der Waals surface area contributed by atoms with Crippen LogP contribution in [0.5, 0.6) is 0 Å². The van der Waals surface area contributed by atoms with E-state index in [2.05, 4.69) is 10.1 Å². The third-order valence-corrected chi connectivity index (χ3v) is 2.54. The van der Waals surface area contributed by atoms with Gasteiger partial charge in [-0.25, -0.2) is 14.4 Å². The maximum atomic E-state index is 10.7. The summed E-state index contributed by atoms with van der Waals surface area (Å²) in [5.41, 5.74) is 4.70. The average Bonchev–Trinajstić information content (AvgIpc) is 2.92. The Kier molecular flexibility index (Phi) is 5.69. The van der Waals surface area contributed by atoms with Crippen LogP contribution in [0, 0.1) is 0 Å². The van der Waals surface area contributed by atoms with Crippen LogP contribution < -0.4 is 21.7 Å². The molecule has 0 aromatic rings. The third kappa shape index (κ3) is 4.45. The van der Waals surface area contributed by atoms with Gasteiger partial charge < -0.3 is 41.5 Å². The van der Waals surface area contributed by atoms with Crippen LogP contribution in [0.15, 0.2) is 11.5 Å². The summed E-state index contributed by atoms with van der Waals surface area (Å²) < 4.78 is 4.32. The molecule has 13 heteroatoms. The van der Waals surface area contributed by atoms with E-state index in [9.17, 15) is 19.2 Å². The smallest absolute Gasteiger partial charge is 0.377 e. The number of amides is 5. The van der Waals surface area contributed by atoms with Crippen LogP contribution >= 0.6 is 0 Å². The van der Waals surface area contributed by atoms with Crippen molar-refractivity contribution in [3.8, 4) is 0 Å². The number of imide groups is 1. The fourth-order valence-corrected chi connectivity index (χ4v) is 1.48. The Labute approximate surface area is 127 Å². The van der Waals surface area contributed by atoms with Crippen molar-refractivity contribution >= 4 is 23.9 Å². The van der Waals surface area contributed by atoms with Crippen molar-refractivity contribution in [3.05, 3.63) is 11.5 Å². The lowest BCUT2D eigenvalue weighted by atomic mass is 10.2. The van der Waals surface area contributed by atoms with Crippen LogP contribution in [0.4, 0.5) is 9.59 Å². The van der Waals surface area contributed by atoms with Gasteiger partial charge in [-0.15, -0.1) is 0 Å². The summed E-state index contributed by atoms with van der Waals surface area (Å²) in [6.45, 7) is -0.671. The number of cyclic esters (lactones) is 1. The highest BCUT2D eigenvalue weighted by atomic mass is 16.6. The number of nitrogens with two attached hydrogens (primary N) is 1. The SMILES string of the molecule is NC(=O)NC1NC(=O)NC1=O.O=C1O[C@H]([C@H](O)CO)C(O)=C1O. The number of ether oxygens (including phenoxy) is 1. The predicted molar refractivity (Wildman–Crippen MR) is 68.4 cm³/mol. The van der Waals surface area contributed by atoms with E-state index in [1.807, 2.05) is 10.6 Å². The van der Waals surface area contributed by atoms with E-state index in [0.717, 1.165) is 0 Å². The molecule has 0 aliphatic carbocycles. The number of hydrogen-bond acceptors (Lipinski definition) is 9. The molecule has 1 unspecified atom stereocenters. The zero-order valence-corrected chi connectivity index (χ0v) is 11.3. The van der Waals surface area contributed by atoms with E-state index >= 15 is 0 Å². The van der Waals surface area contributed by atoms with Crippen molar-refractivity contribution < 1.29 is 44.3 Å². The molecule has 0 radical (unpaired) electrons. The van der Waals surface area contributed by atoms with Gasteiger partial charge in [-0.1, -0.05) is 0 Å². The van der Waals surface area contributed by atoms with Crippen LogP contribution in [-0.2, 0) is 14.3 Å². The topological polar surface area (TPSA) is 221 Å². The first-order chi connectivity index (χ1) is 10.7. The molecule has 23 heavy (non-hydrogen) atoms. The number of carbonyl (C=O) groups excluding carboxylic acids is 4. The summed E-state index contributed by atoms with van der Waals surface area (Å²) in [6, 6.07) is -1.51. The van der Waals surface area contributed by atoms with Crippen LogP contribution in [-0.4, -0.2) is 69.3 Å². The standard InChI is InChI=1S/C6H8O6.C4H6N4O3/c7-1-2(8)5-3(9)4(10)6(11)12-5;5-3(10)6-1-2(9)8-4(11)7-1/h2,5,7-10H,1H2;1H,(H3,5,6,10)(H2,7,8,9,11)/t2-,5-;/m1./s1. The third-order valence-electron chi connectivity index (χ3n) is 2.54. The van der Waals surface area contributed by atoms with Gasteiger partial charge in [0.15, 0.2) is 18.0 Å². The molecule has 2 aliphatic heterocycles. The molecule has 0 saturated carbocycles. The zero-order chi connectivity index (χ0) is 17.7. The van der Waals surface area contributed by atoms with Gasteiger partial charge in [0.2, 0.25) is 5.76 Å². The summed E-state index contributed by atoms with van der Waals surface area (Å²) >= 11 is 0. The van der Waals surface area contributed by atoms with Gasteiger partial charge >= 0.3 is 18.0 Å². The maximum Gasteiger partial charge on any atom is 0.377 e. The first-order valence-corrected chi connectivity index (χ1v) is 5.96. The average molecular weight is 334 g/mol. The lowest BCUT2D eigenvalue weighted by molar-refractivity contribution is -0.147. The molecule has 128 valence electrons. The molecule has 5 amide bonds. The van der Waals surface area contributed by atoms with E-state index in [0.29, 0.717) is 0 Å². The largest absolute Gasteiger partial charge is 0.505 e. The number of carbonyl (C=O) groups is 4. The fraction of sp³-hybridized carbons (Fsp3) is 0.400. The van der Waals surface area contributed by atoms with Gasteiger partial charge in [-0.05, 0) is 0 Å². The molecule has 1 fully saturated rings. The summed E-state index contributed by atoms with van der Waals surface area (Å²) in [6.07, 6.45) is -3.82. The second-order valence-corrected chi connectivity index (χ2v) is 4.21. The molecule has 0 aromatic heterocycles. The molecule has 3 atom stereocenters. The Hall–Kier alpha value is -3.06. The zero-order valence-electron chi connectivity index (χ0n) is 11.3. The van der Waals surface area contributed by atoms with Crippen molar-refractivity contribution in [2.24, 2.45) is 5.73 Å². The minimum absolute atomic E-state index is 0.617. The number of esters is 1. The van der Waals surface area contributed by atoms with Gasteiger partial charge in [0, 0.05) is 0 Å². The van der Waals surface area contributed by atoms with Crippen molar-refractivity contribution in [2.75, 3.05) is 6.61 Å². The summed E-state index contributed by atoms with van der Waals surface area (Å²) in [4.78, 5) is 41.8. The van der Waals surface area contributed by atoms with E-state index < -0.39 is 60.4 Å². The quantitative estimate of drug-likeness (QED) is 0.188. The molecule has 9 N–H and O–H groups in total. The van der Waals surface area contributed by atoms with Crippen molar-refractivity contribution in [1.82, 2.24) is 16.0 Å². The number of aliphatic hydroxyl groups excluding tert-OH is 4. The Morgan fingerprint density at radius 3 is 2.30 bits per heavy atom. The number of urea groups is 2. The molecule has 2 heterocycles. The van der Waals surface area contributed by atoms with Gasteiger partial charge in [0.1, 0.15) is 6.10 Å². The summed E-state index contributed by atoms with van der Waals surface area (Å²) in [7, 11) is 0. The van der Waals surface area contributed by atoms with Crippen molar-refractivity contribution in [2.45, 2.75) is 18.4 Å². The summed E-state index contributed by atoms with van der Waals surface area (Å²) in [5, 5.41) is 41.1. The Bertz CT molecular complexity index is 561. The van der Waals surface area contributed by atoms with E-state index in [1.54, 1.807) is 0 Å². The van der Waals surface area contributed by atoms with Gasteiger partial charge in [-0.2, -0.15) is 0 Å². The Balaban J connectivity index is 0.000000231. The van der Waals surface area contributed by atoms with E-state index in [4.69, 9.17) is 26.2 Å². The number of nitrogens with one attached hydrogen (secondary N) is 3. The van der Waals surface area contributed by atoms with Crippen molar-refractivity contribution in [3.63, 3.8) is 0 Å². The number of primary amides is 1. The molecule has 1 saturated heterocycles. The minimum Gasteiger partial charge on any atom is -0.505 e. The fourth-order valence-electron chi connectivity index (χ4n) is 1.48. The monoisotopic (exact) mass is 334 g/mol. The first kappa shape index (κ1) is 18.0. The molecular weight excluding hydrogens is 320 g/mol. The Morgan fingerprint density at radius 2 is 1.96 bits per heavy atom. The van der Waals surface area contributed by atoms with E-state index in [1.165, 1.54) is 0 Å². The lowest BCUT2D eigenvalue weighted by Gasteiger charge is -2.13. The maximum absolute atomic E-state index is 10.7. The molecule has 2 rings (SSSR count). The molecular formula is C10H14N4O9.